The Hall–Kier alpha value is -2.45. The highest BCUT2D eigenvalue weighted by atomic mass is 32.2. The Kier molecular flexibility index (Phi) is 5.24. The number of carbonyl (C=O) groups excluding carboxylic acids is 1. The molecule has 0 radical (unpaired) electrons. The molecule has 0 bridgehead atoms. The molecule has 1 heterocycles. The van der Waals surface area contributed by atoms with Crippen molar-refractivity contribution >= 4 is 15.9 Å². The van der Waals surface area contributed by atoms with Crippen LogP contribution in [0.1, 0.15) is 5.56 Å². The fourth-order valence-electron chi connectivity index (χ4n) is 2.83. The van der Waals surface area contributed by atoms with Gasteiger partial charge in [0, 0.05) is 26.2 Å². The zero-order valence-electron chi connectivity index (χ0n) is 14.0. The molecule has 2 aromatic carbocycles. The molecule has 0 saturated carbocycles. The van der Waals surface area contributed by atoms with Gasteiger partial charge in [-0.15, -0.1) is 0 Å². The maximum absolute atomic E-state index is 13.0. The summed E-state index contributed by atoms with van der Waals surface area (Å²) in [6.07, 6.45) is 0.199. The number of piperazine rings is 1. The van der Waals surface area contributed by atoms with Gasteiger partial charge < -0.3 is 10.0 Å². The number of hydrogen-bond acceptors (Lipinski definition) is 4. The average Bonchev–Trinajstić information content (AvgIpc) is 2.64. The molecule has 3 rings (SSSR count). The highest BCUT2D eigenvalue weighted by Crippen LogP contribution is 2.19. The summed E-state index contributed by atoms with van der Waals surface area (Å²) in [4.78, 5) is 14.0. The standard InChI is InChI=1S/C18H19FN2O4S/c19-15-3-7-17(8-4-15)26(24,25)21-11-9-20(10-12-21)18(23)13-14-1-5-16(22)6-2-14/h1-8,22H,9-13H2. The van der Waals surface area contributed by atoms with Crippen molar-refractivity contribution < 1.29 is 22.7 Å². The third-order valence-electron chi connectivity index (χ3n) is 4.33. The molecular formula is C18H19FN2O4S. The van der Waals surface area contributed by atoms with Crippen LogP contribution in [0.25, 0.3) is 0 Å². The van der Waals surface area contributed by atoms with Gasteiger partial charge in [0.2, 0.25) is 15.9 Å². The lowest BCUT2D eigenvalue weighted by Crippen LogP contribution is -2.50. The van der Waals surface area contributed by atoms with Gasteiger partial charge >= 0.3 is 0 Å². The van der Waals surface area contributed by atoms with Gasteiger partial charge in [-0.1, -0.05) is 12.1 Å². The lowest BCUT2D eigenvalue weighted by Gasteiger charge is -2.34. The molecule has 8 heteroatoms. The smallest absolute Gasteiger partial charge is 0.243 e. The van der Waals surface area contributed by atoms with E-state index in [0.717, 1.165) is 17.7 Å². The summed E-state index contributed by atoms with van der Waals surface area (Å²) in [6.45, 7) is 0.997. The van der Waals surface area contributed by atoms with Gasteiger partial charge in [0.15, 0.2) is 0 Å². The normalized spacial score (nSPS) is 15.8. The monoisotopic (exact) mass is 378 g/mol. The Balaban J connectivity index is 1.60. The molecule has 0 unspecified atom stereocenters. The number of rotatable bonds is 4. The van der Waals surface area contributed by atoms with Crippen molar-refractivity contribution in [2.75, 3.05) is 26.2 Å². The van der Waals surface area contributed by atoms with Gasteiger partial charge in [0.25, 0.3) is 0 Å². The van der Waals surface area contributed by atoms with Crippen LogP contribution in [0.5, 0.6) is 5.75 Å². The summed E-state index contributed by atoms with van der Waals surface area (Å²) in [7, 11) is -3.69. The van der Waals surface area contributed by atoms with Crippen molar-refractivity contribution in [1.29, 1.82) is 0 Å². The minimum Gasteiger partial charge on any atom is -0.508 e. The molecular weight excluding hydrogens is 359 g/mol. The number of benzene rings is 2. The molecule has 0 atom stereocenters. The number of sulfonamides is 1. The van der Waals surface area contributed by atoms with E-state index in [9.17, 15) is 22.7 Å². The third-order valence-corrected chi connectivity index (χ3v) is 6.25. The van der Waals surface area contributed by atoms with E-state index in [1.165, 1.54) is 28.6 Å². The number of carbonyl (C=O) groups is 1. The fourth-order valence-corrected chi connectivity index (χ4v) is 4.26. The van der Waals surface area contributed by atoms with E-state index in [2.05, 4.69) is 0 Å². The highest BCUT2D eigenvalue weighted by Gasteiger charge is 2.30. The van der Waals surface area contributed by atoms with Crippen LogP contribution in [0.4, 0.5) is 4.39 Å². The maximum Gasteiger partial charge on any atom is 0.243 e. The molecule has 0 spiro atoms. The first-order valence-electron chi connectivity index (χ1n) is 8.18. The van der Waals surface area contributed by atoms with Crippen molar-refractivity contribution in [3.63, 3.8) is 0 Å². The summed E-state index contributed by atoms with van der Waals surface area (Å²) in [5.74, 6) is -0.441. The van der Waals surface area contributed by atoms with E-state index in [1.807, 2.05) is 0 Å². The van der Waals surface area contributed by atoms with Gasteiger partial charge in [0.1, 0.15) is 11.6 Å². The molecule has 1 N–H and O–H groups in total. The Morgan fingerprint density at radius 3 is 2.12 bits per heavy atom. The van der Waals surface area contributed by atoms with E-state index in [1.54, 1.807) is 17.0 Å². The number of hydrogen-bond donors (Lipinski definition) is 1. The van der Waals surface area contributed by atoms with Crippen molar-refractivity contribution in [2.45, 2.75) is 11.3 Å². The van der Waals surface area contributed by atoms with E-state index in [0.29, 0.717) is 13.1 Å². The third kappa shape index (κ3) is 4.03. The molecule has 0 aromatic heterocycles. The van der Waals surface area contributed by atoms with Crippen molar-refractivity contribution in [3.05, 3.63) is 59.9 Å². The summed E-state index contributed by atoms with van der Waals surface area (Å²) < 4.78 is 39.5. The molecule has 0 aliphatic carbocycles. The van der Waals surface area contributed by atoms with Crippen LogP contribution in [0.3, 0.4) is 0 Å². The van der Waals surface area contributed by atoms with Gasteiger partial charge in [0.05, 0.1) is 11.3 Å². The first-order valence-corrected chi connectivity index (χ1v) is 9.62. The predicted octanol–water partition coefficient (Wildman–Crippen LogP) is 1.61. The van der Waals surface area contributed by atoms with Gasteiger partial charge in [-0.25, -0.2) is 12.8 Å². The first-order chi connectivity index (χ1) is 12.4. The average molecular weight is 378 g/mol. The fraction of sp³-hybridized carbons (Fsp3) is 0.278. The van der Waals surface area contributed by atoms with Crippen molar-refractivity contribution in [1.82, 2.24) is 9.21 Å². The first kappa shape index (κ1) is 18.3. The van der Waals surface area contributed by atoms with Gasteiger partial charge in [-0.3, -0.25) is 4.79 Å². The highest BCUT2D eigenvalue weighted by molar-refractivity contribution is 7.89. The number of halogens is 1. The second-order valence-corrected chi connectivity index (χ2v) is 8.02. The van der Waals surface area contributed by atoms with Crippen LogP contribution >= 0.6 is 0 Å². The second kappa shape index (κ2) is 7.43. The van der Waals surface area contributed by atoms with Crippen LogP contribution < -0.4 is 0 Å². The molecule has 1 aliphatic rings. The second-order valence-electron chi connectivity index (χ2n) is 6.08. The lowest BCUT2D eigenvalue weighted by molar-refractivity contribution is -0.131. The molecule has 1 amide bonds. The van der Waals surface area contributed by atoms with E-state index in [-0.39, 0.29) is 36.1 Å². The number of amides is 1. The van der Waals surface area contributed by atoms with Crippen LogP contribution in [-0.4, -0.2) is 54.8 Å². The number of nitrogens with zero attached hydrogens (tertiary/aromatic N) is 2. The van der Waals surface area contributed by atoms with Crippen molar-refractivity contribution in [2.24, 2.45) is 0 Å². The molecule has 1 saturated heterocycles. The topological polar surface area (TPSA) is 77.9 Å². The minimum absolute atomic E-state index is 0.0442. The number of phenols is 1. The quantitative estimate of drug-likeness (QED) is 0.877. The predicted molar refractivity (Wildman–Crippen MR) is 93.5 cm³/mol. The minimum atomic E-state index is -3.69. The summed E-state index contributed by atoms with van der Waals surface area (Å²) in [6, 6.07) is 11.1. The SMILES string of the molecule is O=C(Cc1ccc(O)cc1)N1CCN(S(=O)(=O)c2ccc(F)cc2)CC1. The van der Waals surface area contributed by atoms with Gasteiger partial charge in [-0.2, -0.15) is 4.31 Å². The molecule has 26 heavy (non-hydrogen) atoms. The number of phenolic OH excluding ortho intramolecular Hbond substituents is 1. The van der Waals surface area contributed by atoms with Crippen LogP contribution in [0, 0.1) is 5.82 Å². The Morgan fingerprint density at radius 2 is 1.54 bits per heavy atom. The zero-order chi connectivity index (χ0) is 18.7. The van der Waals surface area contributed by atoms with E-state index >= 15 is 0 Å². The molecule has 1 fully saturated rings. The largest absolute Gasteiger partial charge is 0.508 e. The lowest BCUT2D eigenvalue weighted by atomic mass is 10.1. The molecule has 6 nitrogen and oxygen atoms in total. The number of aromatic hydroxyl groups is 1. The van der Waals surface area contributed by atoms with Gasteiger partial charge in [-0.05, 0) is 42.0 Å². The summed E-state index contributed by atoms with van der Waals surface area (Å²) in [5, 5.41) is 9.28. The molecule has 2 aromatic rings. The van der Waals surface area contributed by atoms with E-state index in [4.69, 9.17) is 0 Å². The maximum atomic E-state index is 13.0. The molecule has 138 valence electrons. The summed E-state index contributed by atoms with van der Waals surface area (Å²) in [5.41, 5.74) is 0.786. The Bertz CT molecular complexity index is 874. The molecule has 1 aliphatic heterocycles. The zero-order valence-corrected chi connectivity index (χ0v) is 14.8. The Morgan fingerprint density at radius 1 is 0.962 bits per heavy atom. The van der Waals surface area contributed by atoms with Crippen molar-refractivity contribution in [3.8, 4) is 5.75 Å². The Labute approximate surface area is 151 Å². The van der Waals surface area contributed by atoms with E-state index < -0.39 is 15.8 Å². The van der Waals surface area contributed by atoms with Crippen LogP contribution in [0.2, 0.25) is 0 Å². The van der Waals surface area contributed by atoms with Crippen LogP contribution in [0.15, 0.2) is 53.4 Å². The summed E-state index contributed by atoms with van der Waals surface area (Å²) >= 11 is 0. The van der Waals surface area contributed by atoms with Crippen LogP contribution in [-0.2, 0) is 21.2 Å².